The van der Waals surface area contributed by atoms with Crippen molar-refractivity contribution in [2.24, 2.45) is 0 Å². The van der Waals surface area contributed by atoms with Crippen molar-refractivity contribution in [2.75, 3.05) is 11.9 Å². The van der Waals surface area contributed by atoms with Gasteiger partial charge in [0.2, 0.25) is 0 Å². The number of nitrogens with zero attached hydrogens (tertiary/aromatic N) is 2. The maximum Gasteiger partial charge on any atom is 0.269 e. The first kappa shape index (κ1) is 29.8. The van der Waals surface area contributed by atoms with Crippen LogP contribution in [-0.2, 0) is 18.0 Å². The van der Waals surface area contributed by atoms with E-state index in [1.54, 1.807) is 48.5 Å². The molecule has 0 radical (unpaired) electrons. The Bertz CT molecular complexity index is 1630. The number of rotatable bonds is 12. The number of nitriles is 1. The Hall–Kier alpha value is -5.14. The number of non-ortho nitro benzene ring substituents is 1. The predicted octanol–water partition coefficient (Wildman–Crippen LogP) is 7.46. The average Bonchev–Trinajstić information content (AvgIpc) is 3.00. The van der Waals surface area contributed by atoms with Gasteiger partial charge in [-0.05, 0) is 82.0 Å². The molecule has 4 aromatic carbocycles. The van der Waals surface area contributed by atoms with Crippen molar-refractivity contribution in [2.45, 2.75) is 20.1 Å². The minimum Gasteiger partial charge on any atom is -0.490 e. The fourth-order valence-corrected chi connectivity index (χ4v) is 4.45. The monoisotopic (exact) mass is 627 g/mol. The van der Waals surface area contributed by atoms with Crippen molar-refractivity contribution >= 4 is 39.3 Å². The molecule has 0 aliphatic rings. The molecule has 212 valence electrons. The zero-order chi connectivity index (χ0) is 29.9. The van der Waals surface area contributed by atoms with E-state index in [0.29, 0.717) is 51.7 Å². The van der Waals surface area contributed by atoms with Crippen LogP contribution in [-0.4, -0.2) is 17.4 Å². The van der Waals surface area contributed by atoms with Crippen molar-refractivity contribution in [3.8, 4) is 23.3 Å². The van der Waals surface area contributed by atoms with Gasteiger partial charge in [0.1, 0.15) is 30.6 Å². The van der Waals surface area contributed by atoms with Crippen LogP contribution in [0.1, 0.15) is 23.6 Å². The van der Waals surface area contributed by atoms with Crippen LogP contribution in [0.15, 0.2) is 101 Å². The van der Waals surface area contributed by atoms with Gasteiger partial charge in [0.05, 0.1) is 16.0 Å². The molecule has 1 N–H and O–H groups in total. The highest BCUT2D eigenvalue weighted by Crippen LogP contribution is 2.38. The fraction of sp³-hybridized carbons (Fsp3) is 0.125. The summed E-state index contributed by atoms with van der Waals surface area (Å²) in [5.41, 5.74) is 2.55. The lowest BCUT2D eigenvalue weighted by atomic mass is 10.1. The largest absolute Gasteiger partial charge is 0.490 e. The van der Waals surface area contributed by atoms with Gasteiger partial charge in [-0.3, -0.25) is 14.9 Å². The van der Waals surface area contributed by atoms with Crippen LogP contribution in [0.3, 0.4) is 0 Å². The van der Waals surface area contributed by atoms with Gasteiger partial charge in [-0.2, -0.15) is 5.26 Å². The summed E-state index contributed by atoms with van der Waals surface area (Å²) in [5.74, 6) is 0.843. The molecule has 0 saturated heterocycles. The fourth-order valence-electron chi connectivity index (χ4n) is 3.88. The number of nitro groups is 1. The third-order valence-electron chi connectivity index (χ3n) is 5.87. The van der Waals surface area contributed by atoms with Gasteiger partial charge in [0.25, 0.3) is 11.6 Å². The maximum absolute atomic E-state index is 12.9. The first-order valence-corrected chi connectivity index (χ1v) is 13.7. The lowest BCUT2D eigenvalue weighted by molar-refractivity contribution is -0.384. The summed E-state index contributed by atoms with van der Waals surface area (Å²) in [7, 11) is 0. The summed E-state index contributed by atoms with van der Waals surface area (Å²) < 4.78 is 18.0. The molecule has 9 nitrogen and oxygen atoms in total. The number of nitro benzene ring substituents is 1. The highest BCUT2D eigenvalue weighted by atomic mass is 79.9. The number of carbonyl (C=O) groups excluding carboxylic acids is 1. The molecular formula is C32H26BrN3O6. The second kappa shape index (κ2) is 14.5. The normalized spacial score (nSPS) is 10.8. The van der Waals surface area contributed by atoms with Gasteiger partial charge in [-0.15, -0.1) is 0 Å². The highest BCUT2D eigenvalue weighted by Gasteiger charge is 2.16. The first-order chi connectivity index (χ1) is 20.4. The molecule has 4 aromatic rings. The van der Waals surface area contributed by atoms with Crippen LogP contribution in [0.25, 0.3) is 6.08 Å². The molecular weight excluding hydrogens is 602 g/mol. The molecule has 42 heavy (non-hydrogen) atoms. The summed E-state index contributed by atoms with van der Waals surface area (Å²) in [6.07, 6.45) is 1.45. The van der Waals surface area contributed by atoms with E-state index < -0.39 is 10.8 Å². The summed E-state index contributed by atoms with van der Waals surface area (Å²) in [6, 6.07) is 28.1. The van der Waals surface area contributed by atoms with E-state index >= 15 is 0 Å². The van der Waals surface area contributed by atoms with E-state index in [2.05, 4.69) is 21.2 Å². The molecule has 10 heteroatoms. The van der Waals surface area contributed by atoms with E-state index in [0.717, 1.165) is 5.56 Å². The number of hydrogen-bond acceptors (Lipinski definition) is 7. The van der Waals surface area contributed by atoms with Crippen LogP contribution >= 0.6 is 15.9 Å². The van der Waals surface area contributed by atoms with Crippen molar-refractivity contribution < 1.29 is 23.9 Å². The highest BCUT2D eigenvalue weighted by molar-refractivity contribution is 9.10. The zero-order valence-electron chi connectivity index (χ0n) is 22.6. The molecule has 0 aliphatic carbocycles. The Morgan fingerprint density at radius 2 is 1.67 bits per heavy atom. The number of ether oxygens (including phenoxy) is 3. The van der Waals surface area contributed by atoms with Crippen molar-refractivity contribution in [3.63, 3.8) is 0 Å². The summed E-state index contributed by atoms with van der Waals surface area (Å²) in [5, 5.41) is 23.5. The lowest BCUT2D eigenvalue weighted by Gasteiger charge is -2.15. The molecule has 1 amide bonds. The number of carbonyl (C=O) groups is 1. The van der Waals surface area contributed by atoms with E-state index in [1.165, 1.54) is 18.2 Å². The van der Waals surface area contributed by atoms with E-state index in [4.69, 9.17) is 14.2 Å². The molecule has 0 aromatic heterocycles. The van der Waals surface area contributed by atoms with Gasteiger partial charge >= 0.3 is 0 Å². The molecule has 0 bridgehead atoms. The summed E-state index contributed by atoms with van der Waals surface area (Å²) >= 11 is 3.48. The quantitative estimate of drug-likeness (QED) is 0.0748. The maximum atomic E-state index is 12.9. The topological polar surface area (TPSA) is 124 Å². The second-order valence-electron chi connectivity index (χ2n) is 8.90. The number of halogens is 1. The van der Waals surface area contributed by atoms with Crippen molar-refractivity contribution in [1.29, 1.82) is 5.26 Å². The van der Waals surface area contributed by atoms with Gasteiger partial charge in [-0.25, -0.2) is 0 Å². The van der Waals surface area contributed by atoms with Crippen LogP contribution < -0.4 is 19.5 Å². The molecule has 4 rings (SSSR count). The van der Waals surface area contributed by atoms with Crippen LogP contribution in [0, 0.1) is 21.4 Å². The SMILES string of the molecule is CCOc1cc(/C=C(\C#N)C(=O)Nc2ccc(OCc3ccccc3)cc2)cc(Br)c1OCc1cccc([N+](=O)[O-])c1. The van der Waals surface area contributed by atoms with Crippen molar-refractivity contribution in [3.05, 3.63) is 128 Å². The number of amides is 1. The Balaban J connectivity index is 1.45. The number of hydrogen-bond donors (Lipinski definition) is 1. The standard InChI is InChI=1S/C32H26BrN3O6/c1-2-40-30-18-24(17-29(33)31(30)42-21-23-9-6-10-27(16-23)36(38)39)15-25(19-34)32(37)35-26-11-13-28(14-12-26)41-20-22-7-4-3-5-8-22/h3-18H,2,20-21H2,1H3,(H,35,37)/b25-15+. The van der Waals surface area contributed by atoms with E-state index in [1.807, 2.05) is 43.3 Å². The first-order valence-electron chi connectivity index (χ1n) is 12.9. The minimum absolute atomic E-state index is 0.0321. The zero-order valence-corrected chi connectivity index (χ0v) is 24.2. The molecule has 0 fully saturated rings. The van der Waals surface area contributed by atoms with Crippen LogP contribution in [0.2, 0.25) is 0 Å². The molecule has 0 saturated carbocycles. The number of benzene rings is 4. The third-order valence-corrected chi connectivity index (χ3v) is 6.46. The van der Waals surface area contributed by atoms with E-state index in [9.17, 15) is 20.2 Å². The smallest absolute Gasteiger partial charge is 0.269 e. The number of anilines is 1. The Kier molecular flexibility index (Phi) is 10.3. The Morgan fingerprint density at radius 1 is 0.952 bits per heavy atom. The van der Waals surface area contributed by atoms with E-state index in [-0.39, 0.29) is 17.9 Å². The van der Waals surface area contributed by atoms with Crippen LogP contribution in [0.5, 0.6) is 17.2 Å². The van der Waals surface area contributed by atoms with Gasteiger partial charge in [0.15, 0.2) is 11.5 Å². The van der Waals surface area contributed by atoms with Crippen molar-refractivity contribution in [1.82, 2.24) is 0 Å². The lowest BCUT2D eigenvalue weighted by Crippen LogP contribution is -2.13. The van der Waals surface area contributed by atoms with Gasteiger partial charge < -0.3 is 19.5 Å². The number of nitrogens with one attached hydrogen (secondary N) is 1. The second-order valence-corrected chi connectivity index (χ2v) is 9.76. The van der Waals surface area contributed by atoms with Gasteiger partial charge in [-0.1, -0.05) is 42.5 Å². The van der Waals surface area contributed by atoms with Crippen LogP contribution in [0.4, 0.5) is 11.4 Å². The summed E-state index contributed by atoms with van der Waals surface area (Å²) in [6.45, 7) is 2.64. The van der Waals surface area contributed by atoms with Gasteiger partial charge in [0, 0.05) is 17.8 Å². The molecule has 0 aliphatic heterocycles. The Labute approximate surface area is 251 Å². The third kappa shape index (κ3) is 8.19. The molecule has 0 spiro atoms. The average molecular weight is 628 g/mol. The summed E-state index contributed by atoms with van der Waals surface area (Å²) in [4.78, 5) is 23.5. The Morgan fingerprint density at radius 3 is 2.36 bits per heavy atom. The molecule has 0 atom stereocenters. The predicted molar refractivity (Wildman–Crippen MR) is 162 cm³/mol. The minimum atomic E-state index is -0.574. The molecule has 0 unspecified atom stereocenters. The molecule has 0 heterocycles.